The van der Waals surface area contributed by atoms with Crippen LogP contribution in [-0.2, 0) is 14.3 Å². The fraction of sp³-hybridized carbons (Fsp3) is 0.450. The average molecular weight is 372 g/mol. The van der Waals surface area contributed by atoms with Gasteiger partial charge in [0.2, 0.25) is 5.91 Å². The Labute approximate surface area is 158 Å². The smallest absolute Gasteiger partial charge is 0.331 e. The lowest BCUT2D eigenvalue weighted by Gasteiger charge is -2.34. The maximum Gasteiger partial charge on any atom is 0.331 e. The quantitative estimate of drug-likeness (QED) is 0.584. The van der Waals surface area contributed by atoms with Crippen molar-refractivity contribution in [1.29, 1.82) is 5.26 Å². The van der Waals surface area contributed by atoms with E-state index in [9.17, 15) is 9.59 Å². The van der Waals surface area contributed by atoms with E-state index in [1.165, 1.54) is 20.3 Å². The Morgan fingerprint density at radius 3 is 2.59 bits per heavy atom. The molecule has 0 saturated heterocycles. The molecule has 0 unspecified atom stereocenters. The fourth-order valence-electron chi connectivity index (χ4n) is 3.20. The van der Waals surface area contributed by atoms with E-state index < -0.39 is 11.5 Å². The molecule has 144 valence electrons. The van der Waals surface area contributed by atoms with E-state index in [2.05, 4.69) is 5.32 Å². The van der Waals surface area contributed by atoms with Gasteiger partial charge in [0.25, 0.3) is 0 Å². The Kier molecular flexibility index (Phi) is 7.24. The summed E-state index contributed by atoms with van der Waals surface area (Å²) in [6.07, 6.45) is 6.96. The molecule has 1 amide bonds. The van der Waals surface area contributed by atoms with Gasteiger partial charge in [-0.1, -0.05) is 25.3 Å². The maximum absolute atomic E-state index is 12.4. The summed E-state index contributed by atoms with van der Waals surface area (Å²) in [4.78, 5) is 24.6. The summed E-state index contributed by atoms with van der Waals surface area (Å²) in [5, 5.41) is 11.4. The van der Waals surface area contributed by atoms with Gasteiger partial charge >= 0.3 is 5.97 Å². The number of benzene rings is 1. The summed E-state index contributed by atoms with van der Waals surface area (Å²) in [6, 6.07) is 7.01. The predicted octanol–water partition coefficient (Wildman–Crippen LogP) is 2.60. The van der Waals surface area contributed by atoms with Gasteiger partial charge in [0.15, 0.2) is 18.1 Å². The van der Waals surface area contributed by atoms with Crippen molar-refractivity contribution in [2.75, 3.05) is 20.8 Å². The molecule has 1 fully saturated rings. The van der Waals surface area contributed by atoms with Crippen molar-refractivity contribution >= 4 is 18.0 Å². The van der Waals surface area contributed by atoms with Crippen LogP contribution in [0.3, 0.4) is 0 Å². The number of nitriles is 1. The third-order valence-electron chi connectivity index (χ3n) is 4.55. The van der Waals surface area contributed by atoms with Gasteiger partial charge in [-0.2, -0.15) is 5.26 Å². The zero-order valence-electron chi connectivity index (χ0n) is 15.6. The number of methoxy groups -OCH3 is 2. The highest BCUT2D eigenvalue weighted by molar-refractivity contribution is 5.96. The molecule has 1 aromatic carbocycles. The first-order valence-corrected chi connectivity index (χ1v) is 8.81. The largest absolute Gasteiger partial charge is 0.493 e. The molecule has 0 spiro atoms. The van der Waals surface area contributed by atoms with Gasteiger partial charge < -0.3 is 19.5 Å². The number of ether oxygens (including phenoxy) is 3. The van der Waals surface area contributed by atoms with Crippen LogP contribution in [0.15, 0.2) is 24.3 Å². The van der Waals surface area contributed by atoms with Crippen molar-refractivity contribution in [1.82, 2.24) is 5.32 Å². The zero-order valence-corrected chi connectivity index (χ0v) is 15.6. The second-order valence-electron chi connectivity index (χ2n) is 6.31. The van der Waals surface area contributed by atoms with Gasteiger partial charge in [-0.15, -0.1) is 0 Å². The van der Waals surface area contributed by atoms with Crippen LogP contribution >= 0.6 is 0 Å². The Bertz CT molecular complexity index is 745. The summed E-state index contributed by atoms with van der Waals surface area (Å²) in [6.45, 7) is -0.0798. The van der Waals surface area contributed by atoms with Crippen molar-refractivity contribution in [3.8, 4) is 17.6 Å². The van der Waals surface area contributed by atoms with Crippen molar-refractivity contribution in [3.05, 3.63) is 29.8 Å². The molecule has 27 heavy (non-hydrogen) atoms. The first-order chi connectivity index (χ1) is 13.0. The number of nitrogens with zero attached hydrogens (tertiary/aromatic N) is 1. The van der Waals surface area contributed by atoms with Crippen LogP contribution < -0.4 is 14.8 Å². The molecule has 7 heteroatoms. The highest BCUT2D eigenvalue weighted by atomic mass is 16.5. The van der Waals surface area contributed by atoms with Crippen molar-refractivity contribution < 1.29 is 23.8 Å². The minimum atomic E-state index is -0.943. The molecule has 1 aliphatic carbocycles. The van der Waals surface area contributed by atoms with Crippen LogP contribution in [0.2, 0.25) is 0 Å². The second kappa shape index (κ2) is 9.62. The van der Waals surface area contributed by atoms with Crippen LogP contribution in [0.5, 0.6) is 11.5 Å². The van der Waals surface area contributed by atoms with Crippen molar-refractivity contribution in [2.24, 2.45) is 0 Å². The van der Waals surface area contributed by atoms with E-state index in [0.717, 1.165) is 24.8 Å². The lowest BCUT2D eigenvalue weighted by Crippen LogP contribution is -2.55. The molecule has 0 aliphatic heterocycles. The molecule has 0 radical (unpaired) electrons. The van der Waals surface area contributed by atoms with Crippen LogP contribution in [0.25, 0.3) is 6.08 Å². The predicted molar refractivity (Wildman–Crippen MR) is 99.1 cm³/mol. The average Bonchev–Trinajstić information content (AvgIpc) is 2.70. The number of hydrogen-bond acceptors (Lipinski definition) is 6. The topological polar surface area (TPSA) is 97.6 Å². The Hall–Kier alpha value is -3.01. The van der Waals surface area contributed by atoms with Crippen molar-refractivity contribution in [3.63, 3.8) is 0 Å². The van der Waals surface area contributed by atoms with Gasteiger partial charge in [0.05, 0.1) is 14.2 Å². The minimum Gasteiger partial charge on any atom is -0.493 e. The molecule has 0 heterocycles. The molecule has 1 aliphatic rings. The Balaban J connectivity index is 2.09. The molecule has 0 atom stereocenters. The third kappa shape index (κ3) is 5.23. The van der Waals surface area contributed by atoms with Gasteiger partial charge in [-0.05, 0) is 36.6 Å². The number of nitrogens with one attached hydrogen (secondary N) is 1. The van der Waals surface area contributed by atoms with Gasteiger partial charge in [0, 0.05) is 6.08 Å². The molecule has 2 rings (SSSR count). The lowest BCUT2D eigenvalue weighted by atomic mass is 9.81. The molecule has 7 nitrogen and oxygen atoms in total. The van der Waals surface area contributed by atoms with E-state index in [-0.39, 0.29) is 12.5 Å². The first kappa shape index (κ1) is 20.3. The van der Waals surface area contributed by atoms with Crippen LogP contribution in [0, 0.1) is 11.3 Å². The molecular weight excluding hydrogens is 348 g/mol. The number of carbonyl (C=O) groups is 2. The van der Waals surface area contributed by atoms with E-state index in [0.29, 0.717) is 24.3 Å². The number of esters is 1. The van der Waals surface area contributed by atoms with Crippen molar-refractivity contribution in [2.45, 2.75) is 37.6 Å². The number of rotatable bonds is 7. The monoisotopic (exact) mass is 372 g/mol. The first-order valence-electron chi connectivity index (χ1n) is 8.81. The molecular formula is C20H24N2O5. The van der Waals surface area contributed by atoms with Gasteiger partial charge in [-0.3, -0.25) is 4.79 Å². The van der Waals surface area contributed by atoms with E-state index >= 15 is 0 Å². The van der Waals surface area contributed by atoms with Gasteiger partial charge in [0.1, 0.15) is 11.6 Å². The van der Waals surface area contributed by atoms with E-state index in [1.807, 2.05) is 6.07 Å². The standard InChI is InChI=1S/C20H24N2O5/c1-25-17-14-15(6-8-16(17)27-13-12-21)7-9-18(23)22-20(19(24)26-2)10-4-3-5-11-20/h6-9,14H,3-5,10-11,13H2,1-2H3,(H,22,23)/b9-7+. The molecule has 1 saturated carbocycles. The van der Waals surface area contributed by atoms with Gasteiger partial charge in [-0.25, -0.2) is 4.79 Å². The van der Waals surface area contributed by atoms with Crippen LogP contribution in [-0.4, -0.2) is 38.2 Å². The minimum absolute atomic E-state index is 0.0798. The number of amides is 1. The summed E-state index contributed by atoms with van der Waals surface area (Å²) >= 11 is 0. The second-order valence-corrected chi connectivity index (χ2v) is 6.31. The number of hydrogen-bond donors (Lipinski definition) is 1. The highest BCUT2D eigenvalue weighted by Gasteiger charge is 2.41. The highest BCUT2D eigenvalue weighted by Crippen LogP contribution is 2.30. The maximum atomic E-state index is 12.4. The SMILES string of the molecule is COC(=O)C1(NC(=O)/C=C/c2ccc(OCC#N)c(OC)c2)CCCCC1. The van der Waals surface area contributed by atoms with E-state index in [1.54, 1.807) is 24.3 Å². The summed E-state index contributed by atoms with van der Waals surface area (Å²) in [7, 11) is 2.83. The fourth-order valence-corrected chi connectivity index (χ4v) is 3.20. The third-order valence-corrected chi connectivity index (χ3v) is 4.55. The molecule has 1 aromatic rings. The number of carbonyl (C=O) groups excluding carboxylic acids is 2. The summed E-state index contributed by atoms with van der Waals surface area (Å²) < 4.78 is 15.4. The normalized spacial score (nSPS) is 15.6. The van der Waals surface area contributed by atoms with Crippen LogP contribution in [0.1, 0.15) is 37.7 Å². The summed E-state index contributed by atoms with van der Waals surface area (Å²) in [5.41, 5.74) is -0.219. The summed E-state index contributed by atoms with van der Waals surface area (Å²) in [5.74, 6) is 0.161. The zero-order chi connectivity index (χ0) is 19.7. The Morgan fingerprint density at radius 2 is 1.96 bits per heavy atom. The Morgan fingerprint density at radius 1 is 1.22 bits per heavy atom. The molecule has 1 N–H and O–H groups in total. The molecule has 0 aromatic heterocycles. The van der Waals surface area contributed by atoms with Crippen LogP contribution in [0.4, 0.5) is 0 Å². The molecule has 0 bridgehead atoms. The lowest BCUT2D eigenvalue weighted by molar-refractivity contribution is -0.152. The van der Waals surface area contributed by atoms with E-state index in [4.69, 9.17) is 19.5 Å².